The van der Waals surface area contributed by atoms with E-state index in [1.54, 1.807) is 4.90 Å². The van der Waals surface area contributed by atoms with Crippen LogP contribution in [0.2, 0.25) is 0 Å². The molecule has 2 rings (SSSR count). The summed E-state index contributed by atoms with van der Waals surface area (Å²) in [6.07, 6.45) is 2.23. The number of hydrogen-bond acceptors (Lipinski definition) is 2. The molecule has 1 unspecified atom stereocenters. The molecule has 0 spiro atoms. The fraction of sp³-hybridized carbons (Fsp3) is 0.500. The van der Waals surface area contributed by atoms with E-state index in [0.29, 0.717) is 25.3 Å². The zero-order valence-corrected chi connectivity index (χ0v) is 10.1. The number of aldehydes is 1. The smallest absolute Gasteiger partial charge is 0.216 e. The van der Waals surface area contributed by atoms with Gasteiger partial charge in [0.05, 0.1) is 0 Å². The summed E-state index contributed by atoms with van der Waals surface area (Å²) in [7, 11) is 0. The molecule has 1 aromatic rings. The van der Waals surface area contributed by atoms with Crippen molar-refractivity contribution in [2.24, 2.45) is 0 Å². The van der Waals surface area contributed by atoms with Crippen molar-refractivity contribution in [1.29, 1.82) is 0 Å². The molecular formula is C14H18FNO. The van der Waals surface area contributed by atoms with E-state index in [9.17, 15) is 9.18 Å². The second kappa shape index (κ2) is 4.96. The van der Waals surface area contributed by atoms with Crippen LogP contribution in [0.25, 0.3) is 0 Å². The minimum atomic E-state index is -1.80. The summed E-state index contributed by atoms with van der Waals surface area (Å²) in [5.41, 5.74) is 1.32. The summed E-state index contributed by atoms with van der Waals surface area (Å²) in [4.78, 5) is 12.3. The Morgan fingerprint density at radius 2 is 1.88 bits per heavy atom. The predicted octanol–water partition coefficient (Wildman–Crippen LogP) is 2.75. The summed E-state index contributed by atoms with van der Waals surface area (Å²) in [5.74, 6) is -1.31. The van der Waals surface area contributed by atoms with Crippen LogP contribution >= 0.6 is 0 Å². The fourth-order valence-electron chi connectivity index (χ4n) is 2.45. The van der Waals surface area contributed by atoms with Crippen LogP contribution in [0.4, 0.5) is 4.39 Å². The van der Waals surface area contributed by atoms with Gasteiger partial charge in [-0.2, -0.15) is 0 Å². The third-order valence-electron chi connectivity index (χ3n) is 3.60. The highest BCUT2D eigenvalue weighted by atomic mass is 19.1. The van der Waals surface area contributed by atoms with E-state index in [1.165, 1.54) is 12.5 Å². The van der Waals surface area contributed by atoms with Crippen LogP contribution < -0.4 is 0 Å². The summed E-state index contributed by atoms with van der Waals surface area (Å²) in [6, 6.07) is 10.3. The molecule has 1 aliphatic heterocycles. The van der Waals surface area contributed by atoms with E-state index in [0.717, 1.165) is 12.8 Å². The Bertz CT molecular complexity index is 369. The van der Waals surface area contributed by atoms with Crippen LogP contribution in [0, 0.1) is 0 Å². The van der Waals surface area contributed by atoms with Gasteiger partial charge in [0, 0.05) is 13.1 Å². The second-order valence-electron chi connectivity index (χ2n) is 4.81. The lowest BCUT2D eigenvalue weighted by Crippen LogP contribution is -2.47. The number of halogens is 1. The first kappa shape index (κ1) is 12.2. The van der Waals surface area contributed by atoms with Crippen LogP contribution in [0.1, 0.15) is 31.2 Å². The highest BCUT2D eigenvalue weighted by Gasteiger charge is 2.34. The topological polar surface area (TPSA) is 20.3 Å². The molecule has 0 saturated carbocycles. The number of alkyl halides is 1. The quantitative estimate of drug-likeness (QED) is 0.593. The van der Waals surface area contributed by atoms with Gasteiger partial charge in [0.1, 0.15) is 0 Å². The lowest BCUT2D eigenvalue weighted by molar-refractivity contribution is -0.130. The number of carbonyl (C=O) groups excluding carboxylic acids is 1. The summed E-state index contributed by atoms with van der Waals surface area (Å²) < 4.78 is 13.8. The van der Waals surface area contributed by atoms with Gasteiger partial charge in [-0.3, -0.25) is 9.69 Å². The van der Waals surface area contributed by atoms with Crippen LogP contribution in [0.5, 0.6) is 0 Å². The number of rotatable bonds is 3. The lowest BCUT2D eigenvalue weighted by Gasteiger charge is -2.37. The van der Waals surface area contributed by atoms with Gasteiger partial charge in [-0.25, -0.2) is 4.39 Å². The van der Waals surface area contributed by atoms with E-state index in [-0.39, 0.29) is 0 Å². The van der Waals surface area contributed by atoms with Crippen LogP contribution in [-0.2, 0) is 4.79 Å². The van der Waals surface area contributed by atoms with E-state index in [1.807, 2.05) is 18.2 Å². The molecule has 1 aromatic carbocycles. The first-order valence-corrected chi connectivity index (χ1v) is 6.09. The number of hydrogen-bond donors (Lipinski definition) is 0. The van der Waals surface area contributed by atoms with Gasteiger partial charge in [-0.1, -0.05) is 30.3 Å². The maximum Gasteiger partial charge on any atom is 0.216 e. The monoisotopic (exact) mass is 235 g/mol. The Labute approximate surface area is 101 Å². The van der Waals surface area contributed by atoms with Crippen molar-refractivity contribution in [2.45, 2.75) is 31.5 Å². The summed E-state index contributed by atoms with van der Waals surface area (Å²) in [5, 5.41) is 0. The van der Waals surface area contributed by atoms with E-state index in [4.69, 9.17) is 0 Å². The van der Waals surface area contributed by atoms with Crippen LogP contribution in [0.15, 0.2) is 30.3 Å². The molecule has 0 bridgehead atoms. The highest BCUT2D eigenvalue weighted by Crippen LogP contribution is 2.30. The molecule has 0 radical (unpaired) electrons. The standard InChI is InChI=1S/C14H18FNO/c1-14(15,11-17)16-9-7-13(8-10-16)12-5-3-2-4-6-12/h2-6,11,13H,7-10H2,1H3. The normalized spacial score (nSPS) is 22.0. The van der Waals surface area contributed by atoms with Gasteiger partial charge in [-0.15, -0.1) is 0 Å². The molecule has 1 fully saturated rings. The zero-order valence-electron chi connectivity index (χ0n) is 10.1. The maximum absolute atomic E-state index is 13.8. The SMILES string of the molecule is CC(F)(C=O)N1CCC(c2ccccc2)CC1. The summed E-state index contributed by atoms with van der Waals surface area (Å²) >= 11 is 0. The van der Waals surface area contributed by atoms with Gasteiger partial charge >= 0.3 is 0 Å². The van der Waals surface area contributed by atoms with Crippen molar-refractivity contribution in [3.05, 3.63) is 35.9 Å². The number of nitrogens with zero attached hydrogens (tertiary/aromatic N) is 1. The van der Waals surface area contributed by atoms with Gasteiger partial charge in [0.25, 0.3) is 0 Å². The maximum atomic E-state index is 13.8. The molecular weight excluding hydrogens is 217 g/mol. The van der Waals surface area contributed by atoms with Crippen molar-refractivity contribution < 1.29 is 9.18 Å². The number of carbonyl (C=O) groups is 1. The van der Waals surface area contributed by atoms with Crippen molar-refractivity contribution >= 4 is 6.29 Å². The van der Waals surface area contributed by atoms with E-state index >= 15 is 0 Å². The molecule has 2 nitrogen and oxygen atoms in total. The average Bonchev–Trinajstić information content (AvgIpc) is 2.40. The Kier molecular flexibility index (Phi) is 3.57. The predicted molar refractivity (Wildman–Crippen MR) is 65.6 cm³/mol. The molecule has 0 amide bonds. The molecule has 0 aliphatic carbocycles. The molecule has 17 heavy (non-hydrogen) atoms. The largest absolute Gasteiger partial charge is 0.298 e. The fourth-order valence-corrected chi connectivity index (χ4v) is 2.45. The van der Waals surface area contributed by atoms with Gasteiger partial charge < -0.3 is 0 Å². The zero-order chi connectivity index (χ0) is 12.3. The van der Waals surface area contributed by atoms with Crippen molar-refractivity contribution in [3.8, 4) is 0 Å². The third-order valence-corrected chi connectivity index (χ3v) is 3.60. The Morgan fingerprint density at radius 3 is 2.41 bits per heavy atom. The van der Waals surface area contributed by atoms with Crippen LogP contribution in [-0.4, -0.2) is 30.1 Å². The molecule has 0 aromatic heterocycles. The van der Waals surface area contributed by atoms with Crippen molar-refractivity contribution in [3.63, 3.8) is 0 Å². The molecule has 92 valence electrons. The Balaban J connectivity index is 1.97. The van der Waals surface area contributed by atoms with Gasteiger partial charge in [-0.05, 0) is 31.2 Å². The molecule has 1 aliphatic rings. The number of piperidine rings is 1. The van der Waals surface area contributed by atoms with Crippen molar-refractivity contribution in [1.82, 2.24) is 4.90 Å². The Hall–Kier alpha value is -1.22. The Morgan fingerprint density at radius 1 is 1.29 bits per heavy atom. The van der Waals surface area contributed by atoms with Gasteiger partial charge in [0.2, 0.25) is 5.79 Å². The second-order valence-corrected chi connectivity index (χ2v) is 4.81. The van der Waals surface area contributed by atoms with Crippen molar-refractivity contribution in [2.75, 3.05) is 13.1 Å². The number of likely N-dealkylation sites (tertiary alicyclic amines) is 1. The van der Waals surface area contributed by atoms with Crippen LogP contribution in [0.3, 0.4) is 0 Å². The highest BCUT2D eigenvalue weighted by molar-refractivity contribution is 5.60. The average molecular weight is 235 g/mol. The minimum Gasteiger partial charge on any atom is -0.298 e. The first-order chi connectivity index (χ1) is 8.13. The molecule has 1 saturated heterocycles. The molecule has 0 N–H and O–H groups in total. The van der Waals surface area contributed by atoms with E-state index in [2.05, 4.69) is 12.1 Å². The summed E-state index contributed by atoms with van der Waals surface area (Å²) in [6.45, 7) is 2.62. The molecule has 3 heteroatoms. The molecule has 1 atom stereocenters. The number of benzene rings is 1. The first-order valence-electron chi connectivity index (χ1n) is 6.09. The lowest BCUT2D eigenvalue weighted by atomic mass is 9.89. The molecule has 1 heterocycles. The van der Waals surface area contributed by atoms with E-state index < -0.39 is 5.79 Å². The van der Waals surface area contributed by atoms with Gasteiger partial charge in [0.15, 0.2) is 6.29 Å². The third kappa shape index (κ3) is 2.72. The minimum absolute atomic E-state index is 0.399.